The summed E-state index contributed by atoms with van der Waals surface area (Å²) < 4.78 is 13.0. The molecule has 2 rings (SSSR count). The van der Waals surface area contributed by atoms with Crippen molar-refractivity contribution in [3.8, 4) is 0 Å². The van der Waals surface area contributed by atoms with Crippen molar-refractivity contribution in [2.45, 2.75) is 6.92 Å². The third kappa shape index (κ3) is 2.75. The van der Waals surface area contributed by atoms with Gasteiger partial charge in [0.1, 0.15) is 5.82 Å². The number of amides is 1. The van der Waals surface area contributed by atoms with Gasteiger partial charge in [-0.1, -0.05) is 0 Å². The summed E-state index contributed by atoms with van der Waals surface area (Å²) in [7, 11) is 0. The molecule has 20 heavy (non-hydrogen) atoms. The number of carbonyl (C=O) groups excluding carboxylic acids is 1. The maximum absolute atomic E-state index is 13.0. The van der Waals surface area contributed by atoms with Crippen molar-refractivity contribution in [1.29, 1.82) is 0 Å². The molecule has 0 saturated heterocycles. The van der Waals surface area contributed by atoms with Crippen LogP contribution in [0.5, 0.6) is 0 Å². The minimum absolute atomic E-state index is 0.250. The second kappa shape index (κ2) is 6.12. The molecule has 0 radical (unpaired) electrons. The lowest BCUT2D eigenvalue weighted by Gasteiger charge is -2.22. The molecule has 104 valence electrons. The van der Waals surface area contributed by atoms with E-state index in [1.165, 1.54) is 17.0 Å². The molecule has 0 aliphatic rings. The predicted molar refractivity (Wildman–Crippen MR) is 75.8 cm³/mol. The second-order valence-corrected chi connectivity index (χ2v) is 4.07. The number of pyridine rings is 1. The Kier molecular flexibility index (Phi) is 4.27. The number of aromatic nitrogens is 1. The average Bonchev–Trinajstić information content (AvgIpc) is 2.49. The molecule has 0 saturated carbocycles. The smallest absolute Gasteiger partial charge is 0.262 e. The summed E-state index contributed by atoms with van der Waals surface area (Å²) in [4.78, 5) is 18.1. The van der Waals surface area contributed by atoms with E-state index in [4.69, 9.17) is 5.84 Å². The molecule has 1 aromatic carbocycles. The lowest BCUT2D eigenvalue weighted by molar-refractivity contribution is 0.0988. The van der Waals surface area contributed by atoms with E-state index in [1.54, 1.807) is 30.5 Å². The van der Waals surface area contributed by atoms with Crippen molar-refractivity contribution in [2.75, 3.05) is 16.9 Å². The molecule has 0 fully saturated rings. The number of nitrogens with zero attached hydrogens (tertiary/aromatic N) is 2. The average molecular weight is 274 g/mol. The fraction of sp³-hybridized carbons (Fsp3) is 0.143. The zero-order valence-electron chi connectivity index (χ0n) is 11.0. The van der Waals surface area contributed by atoms with Gasteiger partial charge in [0.15, 0.2) is 5.82 Å². The van der Waals surface area contributed by atoms with Crippen molar-refractivity contribution in [1.82, 2.24) is 4.98 Å². The van der Waals surface area contributed by atoms with E-state index in [9.17, 15) is 9.18 Å². The molecule has 3 N–H and O–H groups in total. The summed E-state index contributed by atoms with van der Waals surface area (Å²) in [6, 6.07) is 9.04. The number of nitrogens with one attached hydrogen (secondary N) is 1. The molecule has 0 unspecified atom stereocenters. The third-order valence-corrected chi connectivity index (χ3v) is 2.87. The minimum atomic E-state index is -0.344. The van der Waals surface area contributed by atoms with Crippen LogP contribution in [-0.4, -0.2) is 17.4 Å². The SMILES string of the molecule is CCN(C(=O)c1cccnc1NN)c1ccc(F)cc1. The zero-order valence-corrected chi connectivity index (χ0v) is 11.0. The Morgan fingerprint density at radius 2 is 2.05 bits per heavy atom. The van der Waals surface area contributed by atoms with Crippen LogP contribution in [0.4, 0.5) is 15.9 Å². The number of rotatable bonds is 4. The fourth-order valence-corrected chi connectivity index (χ4v) is 1.90. The molecule has 1 aromatic heterocycles. The van der Waals surface area contributed by atoms with Gasteiger partial charge < -0.3 is 10.3 Å². The molecule has 5 nitrogen and oxygen atoms in total. The molecule has 0 aliphatic heterocycles. The lowest BCUT2D eigenvalue weighted by Crippen LogP contribution is -2.31. The molecule has 2 aromatic rings. The summed E-state index contributed by atoms with van der Waals surface area (Å²) in [6.07, 6.45) is 1.54. The Balaban J connectivity index is 2.36. The third-order valence-electron chi connectivity index (χ3n) is 2.87. The Morgan fingerprint density at radius 1 is 1.35 bits per heavy atom. The van der Waals surface area contributed by atoms with E-state index in [0.717, 1.165) is 0 Å². The van der Waals surface area contributed by atoms with E-state index in [-0.39, 0.29) is 11.7 Å². The van der Waals surface area contributed by atoms with E-state index in [2.05, 4.69) is 10.4 Å². The van der Waals surface area contributed by atoms with Gasteiger partial charge in [-0.05, 0) is 43.3 Å². The first-order chi connectivity index (χ1) is 9.67. The number of hydrogen-bond donors (Lipinski definition) is 2. The quantitative estimate of drug-likeness (QED) is 0.662. The number of anilines is 2. The highest BCUT2D eigenvalue weighted by molar-refractivity contribution is 6.08. The monoisotopic (exact) mass is 274 g/mol. The van der Waals surface area contributed by atoms with Crippen LogP contribution in [-0.2, 0) is 0 Å². The Morgan fingerprint density at radius 3 is 2.65 bits per heavy atom. The van der Waals surface area contributed by atoms with Gasteiger partial charge in [0.05, 0.1) is 5.56 Å². The van der Waals surface area contributed by atoms with Crippen LogP contribution < -0.4 is 16.2 Å². The van der Waals surface area contributed by atoms with Crippen LogP contribution in [0.3, 0.4) is 0 Å². The summed E-state index contributed by atoms with van der Waals surface area (Å²) >= 11 is 0. The van der Waals surface area contributed by atoms with Crippen molar-refractivity contribution in [3.63, 3.8) is 0 Å². The maximum atomic E-state index is 13.0. The summed E-state index contributed by atoms with van der Waals surface area (Å²) in [5.41, 5.74) is 3.38. The summed E-state index contributed by atoms with van der Waals surface area (Å²) in [5.74, 6) is 5.07. The molecule has 1 amide bonds. The van der Waals surface area contributed by atoms with Crippen molar-refractivity contribution < 1.29 is 9.18 Å². The fourth-order valence-electron chi connectivity index (χ4n) is 1.90. The van der Waals surface area contributed by atoms with Gasteiger partial charge in [0.2, 0.25) is 0 Å². The Labute approximate surface area is 116 Å². The van der Waals surface area contributed by atoms with Crippen LogP contribution in [0.2, 0.25) is 0 Å². The van der Waals surface area contributed by atoms with E-state index < -0.39 is 0 Å². The molecule has 0 spiro atoms. The van der Waals surface area contributed by atoms with Crippen LogP contribution in [0.25, 0.3) is 0 Å². The minimum Gasteiger partial charge on any atom is -0.309 e. The van der Waals surface area contributed by atoms with Crippen LogP contribution in [0.1, 0.15) is 17.3 Å². The van der Waals surface area contributed by atoms with Gasteiger partial charge in [-0.3, -0.25) is 4.79 Å². The van der Waals surface area contributed by atoms with Crippen LogP contribution in [0, 0.1) is 5.82 Å². The van der Waals surface area contributed by atoms with Gasteiger partial charge in [-0.15, -0.1) is 0 Å². The molecule has 0 atom stereocenters. The summed E-state index contributed by atoms with van der Waals surface area (Å²) in [6.45, 7) is 2.29. The van der Waals surface area contributed by atoms with Crippen molar-refractivity contribution in [3.05, 3.63) is 54.0 Å². The Hall–Kier alpha value is -2.47. The molecule has 1 heterocycles. The first-order valence-electron chi connectivity index (χ1n) is 6.16. The van der Waals surface area contributed by atoms with Gasteiger partial charge in [-0.2, -0.15) is 0 Å². The number of halogens is 1. The maximum Gasteiger partial charge on any atom is 0.262 e. The molecule has 6 heteroatoms. The van der Waals surface area contributed by atoms with E-state index >= 15 is 0 Å². The highest BCUT2D eigenvalue weighted by Crippen LogP contribution is 2.20. The molecular weight excluding hydrogens is 259 g/mol. The number of carbonyl (C=O) groups is 1. The topological polar surface area (TPSA) is 71.2 Å². The highest BCUT2D eigenvalue weighted by atomic mass is 19.1. The molecule has 0 bridgehead atoms. The molecule has 0 aliphatic carbocycles. The Bertz CT molecular complexity index is 600. The first-order valence-corrected chi connectivity index (χ1v) is 6.16. The zero-order chi connectivity index (χ0) is 14.5. The number of hydrogen-bond acceptors (Lipinski definition) is 4. The molecular formula is C14H15FN4O. The number of benzene rings is 1. The lowest BCUT2D eigenvalue weighted by atomic mass is 10.2. The normalized spacial score (nSPS) is 10.2. The standard InChI is InChI=1S/C14H15FN4O/c1-2-19(11-7-5-10(15)6-8-11)14(20)12-4-3-9-17-13(12)18-16/h3-9H,2,16H2,1H3,(H,17,18). The van der Waals surface area contributed by atoms with Crippen LogP contribution in [0.15, 0.2) is 42.6 Å². The largest absolute Gasteiger partial charge is 0.309 e. The highest BCUT2D eigenvalue weighted by Gasteiger charge is 2.19. The predicted octanol–water partition coefficient (Wildman–Crippen LogP) is 2.17. The first kappa shape index (κ1) is 14.0. The number of nitrogens with two attached hydrogens (primary N) is 1. The number of hydrazine groups is 1. The van der Waals surface area contributed by atoms with E-state index in [0.29, 0.717) is 23.6 Å². The van der Waals surface area contributed by atoms with Gasteiger partial charge >= 0.3 is 0 Å². The summed E-state index contributed by atoms with van der Waals surface area (Å²) in [5, 5.41) is 0. The number of nitrogen functional groups attached to an aromatic ring is 1. The van der Waals surface area contributed by atoms with Crippen LogP contribution >= 0.6 is 0 Å². The van der Waals surface area contributed by atoms with Gasteiger partial charge in [0, 0.05) is 18.4 Å². The van der Waals surface area contributed by atoms with Crippen molar-refractivity contribution in [2.24, 2.45) is 5.84 Å². The van der Waals surface area contributed by atoms with E-state index in [1.807, 2.05) is 6.92 Å². The van der Waals surface area contributed by atoms with Crippen molar-refractivity contribution >= 4 is 17.4 Å². The van der Waals surface area contributed by atoms with Gasteiger partial charge in [0.25, 0.3) is 5.91 Å². The second-order valence-electron chi connectivity index (χ2n) is 4.07. The van der Waals surface area contributed by atoms with Gasteiger partial charge in [-0.25, -0.2) is 15.2 Å².